The second kappa shape index (κ2) is 6.66. The monoisotopic (exact) mass is 373 g/mol. The van der Waals surface area contributed by atoms with Crippen LogP contribution in [-0.4, -0.2) is 17.0 Å². The summed E-state index contributed by atoms with van der Waals surface area (Å²) in [5.74, 6) is -0.264. The Morgan fingerprint density at radius 1 is 1.38 bits per heavy atom. The number of halogens is 2. The van der Waals surface area contributed by atoms with Crippen molar-refractivity contribution in [3.05, 3.63) is 27.7 Å². The highest BCUT2D eigenvalue weighted by Gasteiger charge is 2.43. The molecule has 0 bridgehead atoms. The van der Waals surface area contributed by atoms with Crippen molar-refractivity contribution in [2.24, 2.45) is 16.3 Å². The highest BCUT2D eigenvalue weighted by molar-refractivity contribution is 9.10. The molecule has 2 rings (SSSR count). The first-order valence-electron chi connectivity index (χ1n) is 6.74. The Bertz CT molecular complexity index is 571. The molecular formula is C14H17BrClN3O2. The van der Waals surface area contributed by atoms with Gasteiger partial charge in [-0.05, 0) is 47.0 Å². The first kappa shape index (κ1) is 16.1. The molecule has 0 heterocycles. The van der Waals surface area contributed by atoms with Crippen molar-refractivity contribution >= 4 is 45.0 Å². The van der Waals surface area contributed by atoms with Crippen LogP contribution in [0.4, 0.5) is 5.69 Å². The predicted octanol–water partition coefficient (Wildman–Crippen LogP) is 3.74. The molecule has 0 aliphatic heterocycles. The summed E-state index contributed by atoms with van der Waals surface area (Å²) in [6.45, 7) is 0. The van der Waals surface area contributed by atoms with Crippen LogP contribution in [0.5, 0.6) is 0 Å². The summed E-state index contributed by atoms with van der Waals surface area (Å²) in [6, 6.07) is 5.13. The fourth-order valence-electron chi connectivity index (χ4n) is 2.68. The van der Waals surface area contributed by atoms with Crippen LogP contribution in [0.25, 0.3) is 0 Å². The molecule has 0 radical (unpaired) electrons. The Morgan fingerprint density at radius 2 is 2.05 bits per heavy atom. The lowest BCUT2D eigenvalue weighted by molar-refractivity contribution is -0.123. The van der Waals surface area contributed by atoms with Gasteiger partial charge in [-0.2, -0.15) is 0 Å². The average molecular weight is 375 g/mol. The summed E-state index contributed by atoms with van der Waals surface area (Å²) in [7, 11) is 0. The molecule has 7 heteroatoms. The Morgan fingerprint density at radius 3 is 2.62 bits per heavy atom. The number of anilines is 1. The van der Waals surface area contributed by atoms with Crippen molar-refractivity contribution in [2.75, 3.05) is 5.32 Å². The highest BCUT2D eigenvalue weighted by atomic mass is 79.9. The third-order valence-corrected chi connectivity index (χ3v) is 5.13. The number of rotatable bonds is 3. The number of oxime groups is 1. The van der Waals surface area contributed by atoms with E-state index in [1.54, 1.807) is 18.2 Å². The number of nitrogens with one attached hydrogen (secondary N) is 1. The highest BCUT2D eigenvalue weighted by Crippen LogP contribution is 2.38. The Kier molecular flexibility index (Phi) is 5.11. The number of amidine groups is 1. The Hall–Kier alpha value is -1.27. The smallest absolute Gasteiger partial charge is 0.238 e. The average Bonchev–Trinajstić information content (AvgIpc) is 2.50. The molecule has 5 nitrogen and oxygen atoms in total. The van der Waals surface area contributed by atoms with Gasteiger partial charge in [0.05, 0.1) is 5.02 Å². The number of amides is 1. The lowest BCUT2D eigenvalue weighted by Crippen LogP contribution is -2.48. The minimum absolute atomic E-state index is 0.0206. The van der Waals surface area contributed by atoms with Gasteiger partial charge in [0.2, 0.25) is 5.91 Å². The lowest BCUT2D eigenvalue weighted by atomic mass is 9.72. The molecule has 0 aromatic heterocycles. The van der Waals surface area contributed by atoms with Gasteiger partial charge < -0.3 is 16.3 Å². The maximum atomic E-state index is 12.7. The van der Waals surface area contributed by atoms with E-state index in [4.69, 9.17) is 22.5 Å². The number of benzene rings is 1. The molecule has 1 amide bonds. The number of hydrogen-bond donors (Lipinski definition) is 3. The summed E-state index contributed by atoms with van der Waals surface area (Å²) in [6.07, 6.45) is 4.00. The van der Waals surface area contributed by atoms with Crippen LogP contribution < -0.4 is 11.1 Å². The summed E-state index contributed by atoms with van der Waals surface area (Å²) in [5, 5.41) is 15.5. The molecule has 1 aromatic carbocycles. The summed E-state index contributed by atoms with van der Waals surface area (Å²) >= 11 is 9.25. The Labute approximate surface area is 136 Å². The molecule has 1 aromatic rings. The third kappa shape index (κ3) is 3.32. The zero-order valence-electron chi connectivity index (χ0n) is 11.4. The molecule has 0 spiro atoms. The first-order chi connectivity index (χ1) is 9.99. The minimum Gasteiger partial charge on any atom is -0.409 e. The fraction of sp³-hybridized carbons (Fsp3) is 0.429. The van der Waals surface area contributed by atoms with Crippen LogP contribution in [0.15, 0.2) is 27.8 Å². The SMILES string of the molecule is N/C(=N/O)C1(C(=O)Nc2ccc(Cl)c(Br)c2)CCCCC1. The van der Waals surface area contributed by atoms with E-state index in [1.807, 2.05) is 0 Å². The van der Waals surface area contributed by atoms with Crippen molar-refractivity contribution in [1.82, 2.24) is 0 Å². The second-order valence-corrected chi connectivity index (χ2v) is 6.47. The van der Waals surface area contributed by atoms with Crippen LogP contribution in [0.2, 0.25) is 5.02 Å². The molecule has 0 saturated heterocycles. The number of hydrogen-bond acceptors (Lipinski definition) is 3. The number of carbonyl (C=O) groups excluding carboxylic acids is 1. The van der Waals surface area contributed by atoms with Gasteiger partial charge in [-0.25, -0.2) is 0 Å². The van der Waals surface area contributed by atoms with Crippen LogP contribution in [0.3, 0.4) is 0 Å². The Balaban J connectivity index is 2.24. The van der Waals surface area contributed by atoms with E-state index in [0.717, 1.165) is 19.3 Å². The van der Waals surface area contributed by atoms with Crippen LogP contribution in [0.1, 0.15) is 32.1 Å². The minimum atomic E-state index is -0.931. The van der Waals surface area contributed by atoms with E-state index >= 15 is 0 Å². The van der Waals surface area contributed by atoms with Gasteiger partial charge >= 0.3 is 0 Å². The van der Waals surface area contributed by atoms with Gasteiger partial charge in [0.1, 0.15) is 5.41 Å². The molecule has 1 aliphatic carbocycles. The molecular weight excluding hydrogens is 358 g/mol. The maximum absolute atomic E-state index is 12.7. The zero-order valence-corrected chi connectivity index (χ0v) is 13.7. The van der Waals surface area contributed by atoms with Crippen molar-refractivity contribution in [2.45, 2.75) is 32.1 Å². The lowest BCUT2D eigenvalue weighted by Gasteiger charge is -2.34. The van der Waals surface area contributed by atoms with Crippen molar-refractivity contribution in [3.8, 4) is 0 Å². The van der Waals surface area contributed by atoms with E-state index in [2.05, 4.69) is 26.4 Å². The summed E-state index contributed by atoms with van der Waals surface area (Å²) < 4.78 is 0.698. The van der Waals surface area contributed by atoms with E-state index in [-0.39, 0.29) is 11.7 Å². The predicted molar refractivity (Wildman–Crippen MR) is 86.7 cm³/mol. The van der Waals surface area contributed by atoms with Gasteiger partial charge in [-0.1, -0.05) is 36.0 Å². The van der Waals surface area contributed by atoms with Crippen LogP contribution in [-0.2, 0) is 4.79 Å². The van der Waals surface area contributed by atoms with E-state index in [9.17, 15) is 4.79 Å². The summed E-state index contributed by atoms with van der Waals surface area (Å²) in [4.78, 5) is 12.7. The molecule has 114 valence electrons. The van der Waals surface area contributed by atoms with Crippen LogP contribution >= 0.6 is 27.5 Å². The quantitative estimate of drug-likeness (QED) is 0.326. The fourth-order valence-corrected chi connectivity index (χ4v) is 3.17. The molecule has 1 saturated carbocycles. The van der Waals surface area contributed by atoms with Gasteiger partial charge in [-0.15, -0.1) is 0 Å². The number of carbonyl (C=O) groups is 1. The molecule has 1 fully saturated rings. The molecule has 0 unspecified atom stereocenters. The van der Waals surface area contributed by atoms with Crippen LogP contribution in [0, 0.1) is 5.41 Å². The zero-order chi connectivity index (χ0) is 15.5. The van der Waals surface area contributed by atoms with Gasteiger partial charge in [-0.3, -0.25) is 4.79 Å². The standard InChI is InChI=1S/C14H17BrClN3O2/c15-10-8-9(4-5-11(10)16)18-13(20)14(12(17)19-21)6-2-1-3-7-14/h4-5,8,21H,1-3,6-7H2,(H2,17,19)(H,18,20). The number of nitrogens with zero attached hydrogens (tertiary/aromatic N) is 1. The third-order valence-electron chi connectivity index (χ3n) is 3.92. The molecule has 4 N–H and O–H groups in total. The maximum Gasteiger partial charge on any atom is 0.238 e. The van der Waals surface area contributed by atoms with Crippen molar-refractivity contribution in [3.63, 3.8) is 0 Å². The second-order valence-electron chi connectivity index (χ2n) is 5.21. The number of nitrogens with two attached hydrogens (primary N) is 1. The van der Waals surface area contributed by atoms with Crippen molar-refractivity contribution < 1.29 is 10.0 Å². The molecule has 1 aliphatic rings. The molecule has 21 heavy (non-hydrogen) atoms. The molecule has 0 atom stereocenters. The van der Waals surface area contributed by atoms with E-state index in [1.165, 1.54) is 0 Å². The van der Waals surface area contributed by atoms with Crippen molar-refractivity contribution in [1.29, 1.82) is 0 Å². The summed E-state index contributed by atoms with van der Waals surface area (Å²) in [5.41, 5.74) is 5.49. The topological polar surface area (TPSA) is 87.7 Å². The van der Waals surface area contributed by atoms with Gasteiger partial charge in [0.25, 0.3) is 0 Å². The normalized spacial score (nSPS) is 18.3. The first-order valence-corrected chi connectivity index (χ1v) is 7.91. The van der Waals surface area contributed by atoms with E-state index < -0.39 is 5.41 Å². The van der Waals surface area contributed by atoms with Gasteiger partial charge in [0.15, 0.2) is 5.84 Å². The largest absolute Gasteiger partial charge is 0.409 e. The van der Waals surface area contributed by atoms with E-state index in [0.29, 0.717) is 28.0 Å². The van der Waals surface area contributed by atoms with Gasteiger partial charge in [0, 0.05) is 10.2 Å².